The van der Waals surface area contributed by atoms with E-state index in [1.807, 2.05) is 0 Å². The molecule has 3 rings (SSSR count). The van der Waals surface area contributed by atoms with Gasteiger partial charge in [-0.25, -0.2) is 9.59 Å². The summed E-state index contributed by atoms with van der Waals surface area (Å²) in [5.41, 5.74) is 2.72. The molecule has 0 saturated heterocycles. The normalized spacial score (nSPS) is 10.7. The molecule has 0 radical (unpaired) electrons. The third-order valence-corrected chi connectivity index (χ3v) is 4.48. The number of carbonyl (C=O) groups is 3. The van der Waals surface area contributed by atoms with Crippen molar-refractivity contribution in [1.29, 1.82) is 0 Å². The predicted octanol–water partition coefficient (Wildman–Crippen LogP) is 4.92. The number of anilines is 2. The zero-order valence-corrected chi connectivity index (χ0v) is 17.9. The zero-order chi connectivity index (χ0) is 22.5. The van der Waals surface area contributed by atoms with Crippen LogP contribution in [-0.4, -0.2) is 35.4 Å². The van der Waals surface area contributed by atoms with Crippen molar-refractivity contribution in [3.05, 3.63) is 65.4 Å². The van der Waals surface area contributed by atoms with E-state index in [1.165, 1.54) is 13.1 Å². The van der Waals surface area contributed by atoms with Gasteiger partial charge in [-0.05, 0) is 58.0 Å². The van der Waals surface area contributed by atoms with Crippen LogP contribution in [0.5, 0.6) is 0 Å². The molecule has 0 aliphatic rings. The molecule has 0 unspecified atom stereocenters. The van der Waals surface area contributed by atoms with E-state index in [0.717, 1.165) is 0 Å². The van der Waals surface area contributed by atoms with E-state index in [2.05, 4.69) is 10.3 Å². The van der Waals surface area contributed by atoms with Gasteiger partial charge >= 0.3 is 11.9 Å². The van der Waals surface area contributed by atoms with E-state index in [-0.39, 0.29) is 24.1 Å². The Bertz CT molecular complexity index is 1150. The molecule has 1 aromatic heterocycles. The lowest BCUT2D eigenvalue weighted by Crippen LogP contribution is -2.12. The Balaban J connectivity index is 2.16. The molecule has 0 aliphatic carbocycles. The molecule has 0 atom stereocenters. The van der Waals surface area contributed by atoms with Crippen LogP contribution in [0.3, 0.4) is 0 Å². The first-order chi connectivity index (χ1) is 14.8. The average molecular weight is 420 g/mol. The van der Waals surface area contributed by atoms with Crippen LogP contribution in [-0.2, 0) is 9.47 Å². The summed E-state index contributed by atoms with van der Waals surface area (Å²) in [6.07, 6.45) is 1.17. The fraction of sp³-hybridized carbons (Fsp3) is 0.250. The van der Waals surface area contributed by atoms with Gasteiger partial charge in [-0.3, -0.25) is 9.78 Å². The maximum absolute atomic E-state index is 12.6. The summed E-state index contributed by atoms with van der Waals surface area (Å²) in [7, 11) is 0. The zero-order valence-electron chi connectivity index (χ0n) is 17.9. The van der Waals surface area contributed by atoms with Crippen LogP contribution in [0.2, 0.25) is 0 Å². The summed E-state index contributed by atoms with van der Waals surface area (Å²) in [4.78, 5) is 41.1. The van der Waals surface area contributed by atoms with E-state index >= 15 is 0 Å². The summed E-state index contributed by atoms with van der Waals surface area (Å²) in [5, 5.41) is 3.76. The molecular weight excluding hydrogens is 396 g/mol. The topological polar surface area (TPSA) is 94.6 Å². The third kappa shape index (κ3) is 5.06. The Hall–Kier alpha value is -3.74. The molecule has 2 aromatic carbocycles. The van der Waals surface area contributed by atoms with Gasteiger partial charge in [0.1, 0.15) is 5.56 Å². The van der Waals surface area contributed by atoms with Gasteiger partial charge < -0.3 is 14.8 Å². The second-order valence-corrected chi connectivity index (χ2v) is 7.22. The minimum atomic E-state index is -0.544. The first-order valence-corrected chi connectivity index (χ1v) is 9.99. The highest BCUT2D eigenvalue weighted by Crippen LogP contribution is 2.31. The minimum absolute atomic E-state index is 0.0763. The van der Waals surface area contributed by atoms with Gasteiger partial charge in [0, 0.05) is 22.8 Å². The van der Waals surface area contributed by atoms with Gasteiger partial charge in [0.15, 0.2) is 5.78 Å². The van der Waals surface area contributed by atoms with E-state index in [1.54, 1.807) is 63.2 Å². The fourth-order valence-electron chi connectivity index (χ4n) is 3.06. The number of carbonyl (C=O) groups excluding carboxylic acids is 3. The number of benzene rings is 2. The van der Waals surface area contributed by atoms with Crippen molar-refractivity contribution in [2.75, 3.05) is 11.9 Å². The summed E-state index contributed by atoms with van der Waals surface area (Å²) in [6.45, 7) is 6.95. The average Bonchev–Trinajstić information content (AvgIpc) is 2.73. The van der Waals surface area contributed by atoms with Gasteiger partial charge in [-0.2, -0.15) is 0 Å². The van der Waals surface area contributed by atoms with E-state index in [4.69, 9.17) is 9.47 Å². The van der Waals surface area contributed by atoms with Crippen molar-refractivity contribution in [1.82, 2.24) is 4.98 Å². The standard InChI is InChI=1S/C24H24N2O5/c1-5-30-24(29)20-13-25-21-10-9-17(23(28)31-14(2)3)12-19(21)22(20)26-18-8-6-7-16(11-18)15(4)27/h6-14H,5H2,1-4H3,(H,25,26). The highest BCUT2D eigenvalue weighted by atomic mass is 16.5. The molecule has 160 valence electrons. The highest BCUT2D eigenvalue weighted by molar-refractivity contribution is 6.08. The van der Waals surface area contributed by atoms with Gasteiger partial charge in [-0.1, -0.05) is 12.1 Å². The van der Waals surface area contributed by atoms with Crippen molar-refractivity contribution in [3.8, 4) is 0 Å². The Morgan fingerprint density at radius 3 is 2.48 bits per heavy atom. The number of esters is 2. The molecule has 7 nitrogen and oxygen atoms in total. The monoisotopic (exact) mass is 420 g/mol. The molecule has 0 fully saturated rings. The number of fused-ring (bicyclic) bond motifs is 1. The molecule has 31 heavy (non-hydrogen) atoms. The Labute approximate surface area is 180 Å². The van der Waals surface area contributed by atoms with Gasteiger partial charge in [0.25, 0.3) is 0 Å². The van der Waals surface area contributed by atoms with Crippen LogP contribution in [0.25, 0.3) is 10.9 Å². The number of ether oxygens (including phenoxy) is 2. The number of nitrogens with one attached hydrogen (secondary N) is 1. The molecule has 0 bridgehead atoms. The van der Waals surface area contributed by atoms with Crippen LogP contribution >= 0.6 is 0 Å². The lowest BCUT2D eigenvalue weighted by atomic mass is 10.1. The Kier molecular flexibility index (Phi) is 6.65. The molecular formula is C24H24N2O5. The molecule has 3 aromatic rings. The van der Waals surface area contributed by atoms with Crippen molar-refractivity contribution >= 4 is 40.0 Å². The number of aromatic nitrogens is 1. The first-order valence-electron chi connectivity index (χ1n) is 9.99. The number of nitrogens with zero attached hydrogens (tertiary/aromatic N) is 1. The first kappa shape index (κ1) is 22.0. The second-order valence-electron chi connectivity index (χ2n) is 7.22. The molecule has 0 amide bonds. The van der Waals surface area contributed by atoms with Crippen molar-refractivity contribution in [2.24, 2.45) is 0 Å². The summed E-state index contributed by atoms with van der Waals surface area (Å²) in [5.74, 6) is -1.09. The lowest BCUT2D eigenvalue weighted by molar-refractivity contribution is 0.0377. The maximum Gasteiger partial charge on any atom is 0.341 e. The van der Waals surface area contributed by atoms with Gasteiger partial charge in [0.05, 0.1) is 29.5 Å². The van der Waals surface area contributed by atoms with Gasteiger partial charge in [-0.15, -0.1) is 0 Å². The summed E-state index contributed by atoms with van der Waals surface area (Å²) >= 11 is 0. The molecule has 0 aliphatic heterocycles. The third-order valence-electron chi connectivity index (χ3n) is 4.48. The number of ketones is 1. The number of Topliss-reactive ketones (excluding diaryl/α,β-unsaturated/α-hetero) is 1. The van der Waals surface area contributed by atoms with Crippen LogP contribution in [0.4, 0.5) is 11.4 Å². The largest absolute Gasteiger partial charge is 0.462 e. The van der Waals surface area contributed by atoms with E-state index in [9.17, 15) is 14.4 Å². The van der Waals surface area contributed by atoms with Crippen LogP contribution < -0.4 is 5.32 Å². The number of pyridine rings is 1. The number of rotatable bonds is 7. The van der Waals surface area contributed by atoms with Crippen LogP contribution in [0.1, 0.15) is 58.8 Å². The summed E-state index contributed by atoms with van der Waals surface area (Å²) in [6, 6.07) is 11.9. The Morgan fingerprint density at radius 1 is 1.03 bits per heavy atom. The van der Waals surface area contributed by atoms with Crippen molar-refractivity contribution in [2.45, 2.75) is 33.8 Å². The van der Waals surface area contributed by atoms with E-state index < -0.39 is 11.9 Å². The molecule has 1 heterocycles. The number of hydrogen-bond acceptors (Lipinski definition) is 7. The highest BCUT2D eigenvalue weighted by Gasteiger charge is 2.19. The smallest absolute Gasteiger partial charge is 0.341 e. The quantitative estimate of drug-likeness (QED) is 0.428. The maximum atomic E-state index is 12.6. The molecule has 0 saturated carbocycles. The predicted molar refractivity (Wildman–Crippen MR) is 118 cm³/mol. The van der Waals surface area contributed by atoms with Gasteiger partial charge in [0.2, 0.25) is 0 Å². The van der Waals surface area contributed by atoms with Crippen LogP contribution in [0, 0.1) is 0 Å². The molecule has 0 spiro atoms. The minimum Gasteiger partial charge on any atom is -0.462 e. The van der Waals surface area contributed by atoms with E-state index in [0.29, 0.717) is 33.4 Å². The van der Waals surface area contributed by atoms with Crippen molar-refractivity contribution in [3.63, 3.8) is 0 Å². The SMILES string of the molecule is CCOC(=O)c1cnc2ccc(C(=O)OC(C)C)cc2c1Nc1cccc(C(C)=O)c1. The lowest BCUT2D eigenvalue weighted by Gasteiger charge is -2.15. The number of hydrogen-bond donors (Lipinski definition) is 1. The van der Waals surface area contributed by atoms with Crippen LogP contribution in [0.15, 0.2) is 48.7 Å². The fourth-order valence-corrected chi connectivity index (χ4v) is 3.06. The molecule has 1 N–H and O–H groups in total. The Morgan fingerprint density at radius 2 is 1.81 bits per heavy atom. The van der Waals surface area contributed by atoms with Crippen molar-refractivity contribution < 1.29 is 23.9 Å². The summed E-state index contributed by atoms with van der Waals surface area (Å²) < 4.78 is 10.5. The molecule has 7 heteroatoms. The second kappa shape index (κ2) is 9.38.